The van der Waals surface area contributed by atoms with Gasteiger partial charge < -0.3 is 4.74 Å². The lowest BCUT2D eigenvalue weighted by Gasteiger charge is -2.41. The summed E-state index contributed by atoms with van der Waals surface area (Å²) in [6.45, 7) is 0. The fourth-order valence-electron chi connectivity index (χ4n) is 4.88. The molecule has 53 heavy (non-hydrogen) atoms. The van der Waals surface area contributed by atoms with Crippen LogP contribution in [0.5, 0.6) is 5.75 Å². The van der Waals surface area contributed by atoms with E-state index >= 15 is 17.6 Å². The molecule has 0 aliphatic heterocycles. The molecule has 4 aromatic rings. The Labute approximate surface area is 289 Å². The normalized spacial score (nSPS) is 14.5. The number of aliphatic imine (C=N–C) groups is 1. The number of amidine groups is 1. The zero-order valence-electron chi connectivity index (χ0n) is 26.4. The Hall–Kier alpha value is -5.10. The molecule has 0 fully saturated rings. The molecule has 0 unspecified atom stereocenters. The summed E-state index contributed by atoms with van der Waals surface area (Å²) in [6, 6.07) is 24.5. The number of halogens is 15. The van der Waals surface area contributed by atoms with Gasteiger partial charge in [-0.15, -0.1) is 5.11 Å². The van der Waals surface area contributed by atoms with E-state index in [1.807, 2.05) is 0 Å². The van der Waals surface area contributed by atoms with Crippen LogP contribution in [0.3, 0.4) is 0 Å². The zero-order valence-corrected chi connectivity index (χ0v) is 26.4. The minimum atomic E-state index is -8.50. The summed E-state index contributed by atoms with van der Waals surface area (Å²) < 4.78 is 219. The molecule has 0 aromatic heterocycles. The molecule has 0 bridgehead atoms. The Morgan fingerprint density at radius 3 is 1.17 bits per heavy atom. The molecule has 4 nitrogen and oxygen atoms in total. The summed E-state index contributed by atoms with van der Waals surface area (Å²) >= 11 is 0. The fraction of sp³-hybridized carbons (Fsp3) is 0.265. The van der Waals surface area contributed by atoms with Crippen molar-refractivity contribution < 1.29 is 70.6 Å². The quantitative estimate of drug-likeness (QED) is 0.0465. The molecule has 284 valence electrons. The van der Waals surface area contributed by atoms with E-state index in [1.54, 1.807) is 0 Å². The first-order valence-corrected chi connectivity index (χ1v) is 14.6. The SMILES string of the molecule is COc1ccc(N=C(N=NC(c2ccccc2)(c2ccccc2)c2ccccc2)C(F)(F)C(F)(F)C(F)(F)C(F)(F)C(F)(F)C(F)(F)C(F)(F)F)cc1. The number of ether oxygens (including phenoxy) is 1. The van der Waals surface area contributed by atoms with Crippen LogP contribution in [-0.4, -0.2) is 54.7 Å². The monoisotopic (exact) mass is 773 g/mol. The second kappa shape index (κ2) is 14.0. The van der Waals surface area contributed by atoms with E-state index in [2.05, 4.69) is 15.2 Å². The third kappa shape index (κ3) is 6.69. The van der Waals surface area contributed by atoms with Crippen LogP contribution >= 0.6 is 0 Å². The van der Waals surface area contributed by atoms with Crippen LogP contribution in [0.1, 0.15) is 16.7 Å². The molecule has 4 aromatic carbocycles. The molecule has 0 saturated carbocycles. The largest absolute Gasteiger partial charge is 0.497 e. The first-order valence-electron chi connectivity index (χ1n) is 14.6. The number of alkyl halides is 15. The second-order valence-corrected chi connectivity index (χ2v) is 11.1. The molecule has 0 radical (unpaired) electrons. The van der Waals surface area contributed by atoms with E-state index in [0.29, 0.717) is 0 Å². The van der Waals surface area contributed by atoms with Gasteiger partial charge in [-0.3, -0.25) is 0 Å². The molecule has 0 atom stereocenters. The summed E-state index contributed by atoms with van der Waals surface area (Å²) in [4.78, 5) is 3.08. The summed E-state index contributed by atoms with van der Waals surface area (Å²) in [5, 5.41) is 6.91. The van der Waals surface area contributed by atoms with Gasteiger partial charge in [-0.25, -0.2) is 4.99 Å². The maximum Gasteiger partial charge on any atom is 0.460 e. The number of hydrogen-bond donors (Lipinski definition) is 0. The lowest BCUT2D eigenvalue weighted by molar-refractivity contribution is -0.448. The van der Waals surface area contributed by atoms with E-state index in [1.165, 1.54) is 91.0 Å². The van der Waals surface area contributed by atoms with E-state index < -0.39 is 58.8 Å². The maximum atomic E-state index is 15.9. The second-order valence-electron chi connectivity index (χ2n) is 11.1. The van der Waals surface area contributed by atoms with Gasteiger partial charge in [-0.05, 0) is 41.0 Å². The number of hydrogen-bond acceptors (Lipinski definition) is 3. The Kier molecular flexibility index (Phi) is 10.8. The van der Waals surface area contributed by atoms with Crippen molar-refractivity contribution in [2.45, 2.75) is 47.3 Å². The van der Waals surface area contributed by atoms with Gasteiger partial charge in [0.05, 0.1) is 12.8 Å². The van der Waals surface area contributed by atoms with Crippen molar-refractivity contribution in [2.24, 2.45) is 15.2 Å². The lowest BCUT2D eigenvalue weighted by atomic mass is 9.78. The first kappa shape index (κ1) is 40.7. The number of nitrogens with zero attached hydrogens (tertiary/aromatic N) is 3. The third-order valence-electron chi connectivity index (χ3n) is 7.79. The highest BCUT2D eigenvalue weighted by molar-refractivity contribution is 5.93. The highest BCUT2D eigenvalue weighted by Gasteiger charge is 2.93. The van der Waals surface area contributed by atoms with Crippen molar-refractivity contribution in [1.29, 1.82) is 0 Å². The number of rotatable bonds is 12. The fourth-order valence-corrected chi connectivity index (χ4v) is 4.88. The van der Waals surface area contributed by atoms with Gasteiger partial charge in [-0.2, -0.15) is 71.0 Å². The highest BCUT2D eigenvalue weighted by Crippen LogP contribution is 2.62. The average molecular weight is 774 g/mol. The van der Waals surface area contributed by atoms with Crippen molar-refractivity contribution in [2.75, 3.05) is 7.11 Å². The standard InChI is InChI=1S/C34H22F15N3O/c1-53-25-19-17-24(18-20-25)50-26(28(35,36)29(37,38)30(39,40)31(41,42)32(43,44)33(45,46)34(47,48)49)51-52-27(21-11-5-2-6-12-21,22-13-7-3-8-14-22)23-15-9-4-10-16-23/h2-20H,1H3. The summed E-state index contributed by atoms with van der Waals surface area (Å²) in [7, 11) is 1.13. The molecule has 0 aliphatic carbocycles. The van der Waals surface area contributed by atoms with Gasteiger partial charge in [-0.1, -0.05) is 91.0 Å². The van der Waals surface area contributed by atoms with Crippen LogP contribution in [0.25, 0.3) is 0 Å². The Morgan fingerprint density at radius 1 is 0.453 bits per heavy atom. The maximum absolute atomic E-state index is 15.9. The zero-order chi connectivity index (χ0) is 39.7. The van der Waals surface area contributed by atoms with Gasteiger partial charge in [0.15, 0.2) is 5.54 Å². The van der Waals surface area contributed by atoms with E-state index in [0.717, 1.165) is 31.4 Å². The first-order chi connectivity index (χ1) is 24.4. The van der Waals surface area contributed by atoms with Crippen molar-refractivity contribution >= 4 is 11.5 Å². The van der Waals surface area contributed by atoms with Gasteiger partial charge >= 0.3 is 41.7 Å². The van der Waals surface area contributed by atoms with Gasteiger partial charge in [0, 0.05) is 0 Å². The van der Waals surface area contributed by atoms with Gasteiger partial charge in [0.1, 0.15) is 5.75 Å². The minimum absolute atomic E-state index is 0.0144. The number of benzene rings is 4. The topological polar surface area (TPSA) is 46.3 Å². The van der Waals surface area contributed by atoms with Gasteiger partial charge in [0.25, 0.3) is 0 Å². The van der Waals surface area contributed by atoms with Crippen LogP contribution in [0, 0.1) is 0 Å². The lowest BCUT2D eigenvalue weighted by Crippen LogP contribution is -2.73. The summed E-state index contributed by atoms with van der Waals surface area (Å²) in [5.41, 5.74) is -2.89. The molecule has 19 heteroatoms. The minimum Gasteiger partial charge on any atom is -0.497 e. The van der Waals surface area contributed by atoms with Crippen LogP contribution < -0.4 is 4.74 Å². The van der Waals surface area contributed by atoms with Gasteiger partial charge in [0.2, 0.25) is 5.84 Å². The molecule has 0 heterocycles. The van der Waals surface area contributed by atoms with Crippen molar-refractivity contribution in [3.63, 3.8) is 0 Å². The van der Waals surface area contributed by atoms with E-state index in [9.17, 15) is 48.3 Å². The van der Waals surface area contributed by atoms with E-state index in [-0.39, 0.29) is 22.4 Å². The predicted octanol–water partition coefficient (Wildman–Crippen LogP) is 11.5. The molecule has 0 saturated heterocycles. The number of azo groups is 1. The van der Waals surface area contributed by atoms with Crippen LogP contribution in [-0.2, 0) is 5.54 Å². The van der Waals surface area contributed by atoms with Crippen molar-refractivity contribution in [3.8, 4) is 5.75 Å². The molecule has 0 amide bonds. The average Bonchev–Trinajstić information content (AvgIpc) is 3.12. The van der Waals surface area contributed by atoms with Crippen LogP contribution in [0.2, 0.25) is 0 Å². The molecule has 0 aliphatic rings. The van der Waals surface area contributed by atoms with Crippen molar-refractivity contribution in [1.82, 2.24) is 0 Å². The van der Waals surface area contributed by atoms with Crippen molar-refractivity contribution in [3.05, 3.63) is 132 Å². The molecule has 4 rings (SSSR count). The third-order valence-corrected chi connectivity index (χ3v) is 7.79. The molecule has 0 spiro atoms. The smallest absolute Gasteiger partial charge is 0.460 e. The molecular formula is C34H22F15N3O. The molecule has 0 N–H and O–H groups in total. The van der Waals surface area contributed by atoms with Crippen LogP contribution in [0.4, 0.5) is 71.5 Å². The summed E-state index contributed by atoms with van der Waals surface area (Å²) in [6.07, 6.45) is -7.74. The Balaban J connectivity index is 2.04. The molecular weight excluding hydrogens is 751 g/mol. The number of methoxy groups -OCH3 is 1. The summed E-state index contributed by atoms with van der Waals surface area (Å²) in [5.74, 6) is -51.2. The Morgan fingerprint density at radius 2 is 0.811 bits per heavy atom. The Bertz CT molecular complexity index is 1800. The van der Waals surface area contributed by atoms with E-state index in [4.69, 9.17) is 4.74 Å². The predicted molar refractivity (Wildman–Crippen MR) is 160 cm³/mol. The van der Waals surface area contributed by atoms with Crippen LogP contribution in [0.15, 0.2) is 130 Å². The highest BCUT2D eigenvalue weighted by atomic mass is 19.4.